The van der Waals surface area contributed by atoms with Crippen LogP contribution in [0.5, 0.6) is 0 Å². The fourth-order valence-corrected chi connectivity index (χ4v) is 3.30. The molecule has 0 aromatic rings. The van der Waals surface area contributed by atoms with E-state index >= 15 is 0 Å². The average Bonchev–Trinajstić information content (AvgIpc) is 2.81. The first-order valence-electron chi connectivity index (χ1n) is 6.13. The van der Waals surface area contributed by atoms with Crippen molar-refractivity contribution in [3.63, 3.8) is 0 Å². The van der Waals surface area contributed by atoms with Crippen molar-refractivity contribution in [3.05, 3.63) is 0 Å². The smallest absolute Gasteiger partial charge is 0.306 e. The number of esters is 1. The van der Waals surface area contributed by atoms with Crippen LogP contribution < -0.4 is 4.72 Å². The van der Waals surface area contributed by atoms with E-state index in [0.717, 1.165) is 19.3 Å². The van der Waals surface area contributed by atoms with E-state index in [9.17, 15) is 13.2 Å². The van der Waals surface area contributed by atoms with Crippen molar-refractivity contribution in [2.24, 2.45) is 11.8 Å². The lowest BCUT2D eigenvalue weighted by Gasteiger charge is -2.17. The summed E-state index contributed by atoms with van der Waals surface area (Å²) >= 11 is 0. The van der Waals surface area contributed by atoms with Gasteiger partial charge < -0.3 is 9.84 Å². The van der Waals surface area contributed by atoms with Gasteiger partial charge in [-0.2, -0.15) is 0 Å². The molecule has 0 spiro atoms. The van der Waals surface area contributed by atoms with Gasteiger partial charge in [0.2, 0.25) is 10.0 Å². The summed E-state index contributed by atoms with van der Waals surface area (Å²) in [5.41, 5.74) is 0. The van der Waals surface area contributed by atoms with Crippen LogP contribution in [0.4, 0.5) is 0 Å². The summed E-state index contributed by atoms with van der Waals surface area (Å²) in [4.78, 5) is 10.9. The maximum atomic E-state index is 11.6. The number of nitrogens with one attached hydrogen (secondary N) is 1. The fraction of sp³-hybridized carbons (Fsp3) is 0.909. The zero-order chi connectivity index (χ0) is 13.6. The molecule has 0 bridgehead atoms. The number of aliphatic hydroxyl groups is 1. The van der Waals surface area contributed by atoms with E-state index in [1.165, 1.54) is 7.11 Å². The van der Waals surface area contributed by atoms with Gasteiger partial charge in [-0.05, 0) is 24.7 Å². The number of hydrogen-bond acceptors (Lipinski definition) is 5. The van der Waals surface area contributed by atoms with Crippen molar-refractivity contribution in [2.75, 3.05) is 26.0 Å². The van der Waals surface area contributed by atoms with Gasteiger partial charge >= 0.3 is 5.97 Å². The van der Waals surface area contributed by atoms with Crippen LogP contribution in [-0.4, -0.2) is 45.5 Å². The molecule has 0 aromatic carbocycles. The summed E-state index contributed by atoms with van der Waals surface area (Å²) < 4.78 is 30.1. The summed E-state index contributed by atoms with van der Waals surface area (Å²) in [5, 5.41) is 9.14. The summed E-state index contributed by atoms with van der Waals surface area (Å²) in [6, 6.07) is 0. The molecule has 0 amide bonds. The molecule has 2 unspecified atom stereocenters. The second-order valence-electron chi connectivity index (χ2n) is 4.63. The number of carbonyl (C=O) groups is 1. The summed E-state index contributed by atoms with van der Waals surface area (Å²) in [5.74, 6) is -0.401. The SMILES string of the molecule is COC(=O)CCS(=O)(=O)NCC1CCCC1CO. The van der Waals surface area contributed by atoms with Crippen LogP contribution in [0.2, 0.25) is 0 Å². The molecule has 2 N–H and O–H groups in total. The Morgan fingerprint density at radius 1 is 1.39 bits per heavy atom. The maximum absolute atomic E-state index is 11.6. The molecule has 0 aliphatic heterocycles. The number of sulfonamides is 1. The summed E-state index contributed by atoms with van der Waals surface area (Å²) in [6.07, 6.45) is 2.77. The standard InChI is InChI=1S/C11H21NO5S/c1-17-11(14)5-6-18(15,16)12-7-9-3-2-4-10(9)8-13/h9-10,12-13H,2-8H2,1H3. The van der Waals surface area contributed by atoms with Crippen LogP contribution in [-0.2, 0) is 19.6 Å². The van der Waals surface area contributed by atoms with E-state index in [2.05, 4.69) is 9.46 Å². The van der Waals surface area contributed by atoms with Crippen LogP contribution in [0.3, 0.4) is 0 Å². The Balaban J connectivity index is 2.35. The van der Waals surface area contributed by atoms with E-state index in [-0.39, 0.29) is 30.6 Å². The maximum Gasteiger partial charge on any atom is 0.306 e. The molecule has 0 radical (unpaired) electrons. The first-order valence-corrected chi connectivity index (χ1v) is 7.78. The summed E-state index contributed by atoms with van der Waals surface area (Å²) in [7, 11) is -2.21. The van der Waals surface area contributed by atoms with E-state index < -0.39 is 16.0 Å². The molecule has 0 saturated heterocycles. The van der Waals surface area contributed by atoms with Crippen LogP contribution in [0.25, 0.3) is 0 Å². The van der Waals surface area contributed by atoms with Gasteiger partial charge in [0.25, 0.3) is 0 Å². The zero-order valence-corrected chi connectivity index (χ0v) is 11.4. The predicted molar refractivity (Wildman–Crippen MR) is 66.3 cm³/mol. The van der Waals surface area contributed by atoms with Crippen LogP contribution in [0.1, 0.15) is 25.7 Å². The Kier molecular flexibility index (Phi) is 6.04. The highest BCUT2D eigenvalue weighted by Gasteiger charge is 2.27. The average molecular weight is 279 g/mol. The monoisotopic (exact) mass is 279 g/mol. The molecule has 18 heavy (non-hydrogen) atoms. The first-order chi connectivity index (χ1) is 8.48. The van der Waals surface area contributed by atoms with Gasteiger partial charge in [0, 0.05) is 13.2 Å². The van der Waals surface area contributed by atoms with Gasteiger partial charge in [0.15, 0.2) is 0 Å². The number of methoxy groups -OCH3 is 1. The van der Waals surface area contributed by atoms with Crippen LogP contribution in [0.15, 0.2) is 0 Å². The minimum Gasteiger partial charge on any atom is -0.469 e. The molecule has 0 aromatic heterocycles. The number of aliphatic hydroxyl groups excluding tert-OH is 1. The summed E-state index contributed by atoms with van der Waals surface area (Å²) in [6.45, 7) is 0.448. The first kappa shape index (κ1) is 15.4. The lowest BCUT2D eigenvalue weighted by atomic mass is 9.97. The van der Waals surface area contributed by atoms with Crippen molar-refractivity contribution >= 4 is 16.0 Å². The Hall–Kier alpha value is -0.660. The molecule has 0 heterocycles. The third kappa shape index (κ3) is 4.91. The highest BCUT2D eigenvalue weighted by Crippen LogP contribution is 2.30. The number of ether oxygens (including phenoxy) is 1. The van der Waals surface area contributed by atoms with Gasteiger partial charge in [0.1, 0.15) is 0 Å². The molecule has 6 nitrogen and oxygen atoms in total. The molecule has 1 aliphatic rings. The van der Waals surface area contributed by atoms with Gasteiger partial charge in [0.05, 0.1) is 19.3 Å². The van der Waals surface area contributed by atoms with E-state index in [1.807, 2.05) is 0 Å². The van der Waals surface area contributed by atoms with Gasteiger partial charge in [-0.3, -0.25) is 4.79 Å². The molecule has 1 fully saturated rings. The lowest BCUT2D eigenvalue weighted by molar-refractivity contribution is -0.140. The second kappa shape index (κ2) is 7.06. The molecular weight excluding hydrogens is 258 g/mol. The van der Waals surface area contributed by atoms with Gasteiger partial charge in [-0.1, -0.05) is 6.42 Å². The molecule has 1 rings (SSSR count). The predicted octanol–water partition coefficient (Wildman–Crippen LogP) is -0.122. The lowest BCUT2D eigenvalue weighted by Crippen LogP contribution is -2.33. The normalized spacial score (nSPS) is 24.1. The third-order valence-electron chi connectivity index (χ3n) is 3.42. The Morgan fingerprint density at radius 3 is 2.67 bits per heavy atom. The zero-order valence-electron chi connectivity index (χ0n) is 10.6. The number of rotatable bonds is 7. The third-order valence-corrected chi connectivity index (χ3v) is 4.77. The van der Waals surface area contributed by atoms with Crippen molar-refractivity contribution in [1.29, 1.82) is 0 Å². The van der Waals surface area contributed by atoms with Gasteiger partial charge in [-0.25, -0.2) is 13.1 Å². The molecule has 7 heteroatoms. The molecule has 1 saturated carbocycles. The Morgan fingerprint density at radius 2 is 2.06 bits per heavy atom. The fourth-order valence-electron chi connectivity index (χ4n) is 2.25. The molecule has 1 aliphatic carbocycles. The number of hydrogen-bond donors (Lipinski definition) is 2. The van der Waals surface area contributed by atoms with E-state index in [0.29, 0.717) is 6.54 Å². The molecular formula is C11H21NO5S. The minimum atomic E-state index is -3.44. The largest absolute Gasteiger partial charge is 0.469 e. The topological polar surface area (TPSA) is 92.7 Å². The quantitative estimate of drug-likeness (QED) is 0.634. The second-order valence-corrected chi connectivity index (χ2v) is 6.55. The molecule has 106 valence electrons. The van der Waals surface area contributed by atoms with Crippen molar-refractivity contribution in [3.8, 4) is 0 Å². The number of carbonyl (C=O) groups excluding carboxylic acids is 1. The van der Waals surface area contributed by atoms with Crippen LogP contribution >= 0.6 is 0 Å². The van der Waals surface area contributed by atoms with Crippen molar-refractivity contribution < 1.29 is 23.1 Å². The highest BCUT2D eigenvalue weighted by atomic mass is 32.2. The van der Waals surface area contributed by atoms with E-state index in [1.54, 1.807) is 0 Å². The van der Waals surface area contributed by atoms with Crippen molar-refractivity contribution in [1.82, 2.24) is 4.72 Å². The highest BCUT2D eigenvalue weighted by molar-refractivity contribution is 7.89. The van der Waals surface area contributed by atoms with Gasteiger partial charge in [-0.15, -0.1) is 0 Å². The Labute approximate surface area is 108 Å². The molecule has 2 atom stereocenters. The van der Waals surface area contributed by atoms with E-state index in [4.69, 9.17) is 5.11 Å². The van der Waals surface area contributed by atoms with Crippen LogP contribution in [0, 0.1) is 11.8 Å². The van der Waals surface area contributed by atoms with Crippen molar-refractivity contribution in [2.45, 2.75) is 25.7 Å². The Bertz CT molecular complexity index is 368. The minimum absolute atomic E-state index is 0.106.